The van der Waals surface area contributed by atoms with Gasteiger partial charge in [-0.05, 0) is 37.1 Å². The van der Waals surface area contributed by atoms with Crippen molar-refractivity contribution in [2.45, 2.75) is 44.6 Å². The number of piperidine rings is 1. The van der Waals surface area contributed by atoms with Gasteiger partial charge in [-0.3, -0.25) is 0 Å². The van der Waals surface area contributed by atoms with Crippen molar-refractivity contribution in [1.29, 1.82) is 0 Å². The van der Waals surface area contributed by atoms with E-state index in [1.807, 2.05) is 0 Å². The molecule has 1 aromatic rings. The molecule has 2 atom stereocenters. The predicted molar refractivity (Wildman–Crippen MR) is 74.4 cm³/mol. The SMILES string of the molecule is CN1CCC2c3ccc(C(C)(C)C)cc3OC2C1. The average molecular weight is 245 g/mol. The first-order chi connectivity index (χ1) is 8.45. The molecule has 3 rings (SSSR count). The fraction of sp³-hybridized carbons (Fsp3) is 0.625. The standard InChI is InChI=1S/C16H23NO/c1-16(2,3)11-5-6-12-13-7-8-17(4)10-15(13)18-14(12)9-11/h5-6,9,13,15H,7-8,10H2,1-4H3. The highest BCUT2D eigenvalue weighted by Gasteiger charge is 2.38. The van der Waals surface area contributed by atoms with E-state index in [1.165, 1.54) is 24.1 Å². The third-order valence-electron chi connectivity index (χ3n) is 4.32. The van der Waals surface area contributed by atoms with Gasteiger partial charge in [0.15, 0.2) is 0 Å². The summed E-state index contributed by atoms with van der Waals surface area (Å²) in [5.74, 6) is 1.75. The number of benzene rings is 1. The second kappa shape index (κ2) is 3.99. The zero-order valence-electron chi connectivity index (χ0n) is 11.9. The molecule has 2 unspecified atom stereocenters. The minimum absolute atomic E-state index is 0.197. The Morgan fingerprint density at radius 2 is 2.06 bits per heavy atom. The lowest BCUT2D eigenvalue weighted by Gasteiger charge is -2.31. The van der Waals surface area contributed by atoms with Crippen molar-refractivity contribution in [2.24, 2.45) is 0 Å². The Balaban J connectivity index is 1.93. The van der Waals surface area contributed by atoms with Crippen molar-refractivity contribution in [2.75, 3.05) is 20.1 Å². The summed E-state index contributed by atoms with van der Waals surface area (Å²) in [6, 6.07) is 6.84. The fourth-order valence-electron chi connectivity index (χ4n) is 3.12. The summed E-state index contributed by atoms with van der Waals surface area (Å²) in [5.41, 5.74) is 3.00. The molecule has 0 amide bonds. The molecule has 2 heterocycles. The third kappa shape index (κ3) is 1.93. The van der Waals surface area contributed by atoms with Crippen LogP contribution in [0.4, 0.5) is 0 Å². The maximum absolute atomic E-state index is 6.18. The van der Waals surface area contributed by atoms with Crippen molar-refractivity contribution in [1.82, 2.24) is 4.90 Å². The lowest BCUT2D eigenvalue weighted by atomic mass is 9.84. The van der Waals surface area contributed by atoms with Crippen molar-refractivity contribution < 1.29 is 4.74 Å². The van der Waals surface area contributed by atoms with E-state index in [4.69, 9.17) is 4.74 Å². The molecule has 0 saturated carbocycles. The highest BCUT2D eigenvalue weighted by molar-refractivity contribution is 5.46. The molecular formula is C16H23NO. The van der Waals surface area contributed by atoms with E-state index in [9.17, 15) is 0 Å². The van der Waals surface area contributed by atoms with Gasteiger partial charge in [0.05, 0.1) is 0 Å². The van der Waals surface area contributed by atoms with Gasteiger partial charge in [0.25, 0.3) is 0 Å². The van der Waals surface area contributed by atoms with Gasteiger partial charge in [0.1, 0.15) is 11.9 Å². The van der Waals surface area contributed by atoms with Crippen LogP contribution >= 0.6 is 0 Å². The first kappa shape index (κ1) is 12.0. The summed E-state index contributed by atoms with van der Waals surface area (Å²) < 4.78 is 6.18. The summed E-state index contributed by atoms with van der Waals surface area (Å²) in [4.78, 5) is 2.37. The van der Waals surface area contributed by atoms with Crippen molar-refractivity contribution >= 4 is 0 Å². The number of likely N-dealkylation sites (tertiary alicyclic amines) is 1. The van der Waals surface area contributed by atoms with Crippen LogP contribution in [0.1, 0.15) is 44.2 Å². The van der Waals surface area contributed by atoms with E-state index in [0.29, 0.717) is 12.0 Å². The molecule has 0 aromatic heterocycles. The van der Waals surface area contributed by atoms with Crippen LogP contribution in [-0.2, 0) is 5.41 Å². The number of nitrogens with zero attached hydrogens (tertiary/aromatic N) is 1. The quantitative estimate of drug-likeness (QED) is 0.696. The van der Waals surface area contributed by atoms with Gasteiger partial charge >= 0.3 is 0 Å². The number of likely N-dealkylation sites (N-methyl/N-ethyl adjacent to an activating group) is 1. The highest BCUT2D eigenvalue weighted by Crippen LogP contribution is 2.43. The Labute approximate surface area is 110 Å². The number of hydrogen-bond donors (Lipinski definition) is 0. The van der Waals surface area contributed by atoms with Gasteiger partial charge in [-0.2, -0.15) is 0 Å². The summed E-state index contributed by atoms with van der Waals surface area (Å²) in [7, 11) is 2.18. The fourth-order valence-corrected chi connectivity index (χ4v) is 3.12. The molecule has 0 spiro atoms. The molecule has 1 aromatic carbocycles. The Kier molecular flexibility index (Phi) is 2.67. The number of ether oxygens (including phenoxy) is 1. The molecule has 0 bridgehead atoms. The van der Waals surface area contributed by atoms with Crippen LogP contribution in [0.5, 0.6) is 5.75 Å². The van der Waals surface area contributed by atoms with Crippen LogP contribution in [0.2, 0.25) is 0 Å². The lowest BCUT2D eigenvalue weighted by molar-refractivity contribution is 0.108. The van der Waals surface area contributed by atoms with Crippen molar-refractivity contribution in [3.63, 3.8) is 0 Å². The van der Waals surface area contributed by atoms with Crippen LogP contribution in [0.25, 0.3) is 0 Å². The molecule has 2 aliphatic heterocycles. The molecule has 1 saturated heterocycles. The maximum Gasteiger partial charge on any atom is 0.123 e. The van der Waals surface area contributed by atoms with Gasteiger partial charge in [-0.15, -0.1) is 0 Å². The topological polar surface area (TPSA) is 12.5 Å². The summed E-state index contributed by atoms with van der Waals surface area (Å²) in [5, 5.41) is 0. The molecule has 2 heteroatoms. The van der Waals surface area contributed by atoms with Crippen LogP contribution in [0.3, 0.4) is 0 Å². The summed E-state index contributed by atoms with van der Waals surface area (Å²) in [6.07, 6.45) is 1.59. The molecule has 1 fully saturated rings. The smallest absolute Gasteiger partial charge is 0.123 e. The van der Waals surface area contributed by atoms with E-state index in [-0.39, 0.29) is 5.41 Å². The van der Waals surface area contributed by atoms with Crippen LogP contribution in [-0.4, -0.2) is 31.1 Å². The van der Waals surface area contributed by atoms with Gasteiger partial charge in [0.2, 0.25) is 0 Å². The van der Waals surface area contributed by atoms with Gasteiger partial charge in [-0.25, -0.2) is 0 Å². The van der Waals surface area contributed by atoms with Crippen molar-refractivity contribution in [3.05, 3.63) is 29.3 Å². The van der Waals surface area contributed by atoms with Gasteiger partial charge < -0.3 is 9.64 Å². The first-order valence-corrected chi connectivity index (χ1v) is 6.95. The minimum Gasteiger partial charge on any atom is -0.488 e. The minimum atomic E-state index is 0.197. The number of hydrogen-bond acceptors (Lipinski definition) is 2. The zero-order valence-corrected chi connectivity index (χ0v) is 11.9. The Hall–Kier alpha value is -1.02. The normalized spacial score (nSPS) is 27.6. The highest BCUT2D eigenvalue weighted by atomic mass is 16.5. The van der Waals surface area contributed by atoms with Gasteiger partial charge in [-0.1, -0.05) is 32.9 Å². The van der Waals surface area contributed by atoms with Gasteiger partial charge in [0, 0.05) is 18.0 Å². The van der Waals surface area contributed by atoms with Crippen LogP contribution < -0.4 is 4.74 Å². The average Bonchev–Trinajstić information content (AvgIpc) is 2.63. The van der Waals surface area contributed by atoms with E-state index in [1.54, 1.807) is 0 Å². The molecular weight excluding hydrogens is 222 g/mol. The molecule has 0 aliphatic carbocycles. The number of rotatable bonds is 0. The van der Waals surface area contributed by atoms with Crippen molar-refractivity contribution in [3.8, 4) is 5.75 Å². The molecule has 2 nitrogen and oxygen atoms in total. The summed E-state index contributed by atoms with van der Waals surface area (Å²) in [6.45, 7) is 9.01. The monoisotopic (exact) mass is 245 g/mol. The summed E-state index contributed by atoms with van der Waals surface area (Å²) >= 11 is 0. The Morgan fingerprint density at radius 3 is 2.78 bits per heavy atom. The second-order valence-electron chi connectivity index (χ2n) is 6.82. The van der Waals surface area contributed by atoms with Crippen LogP contribution in [0, 0.1) is 0 Å². The third-order valence-corrected chi connectivity index (χ3v) is 4.32. The first-order valence-electron chi connectivity index (χ1n) is 6.95. The number of fused-ring (bicyclic) bond motifs is 3. The predicted octanol–water partition coefficient (Wildman–Crippen LogP) is 3.16. The lowest BCUT2D eigenvalue weighted by Crippen LogP contribution is -2.40. The largest absolute Gasteiger partial charge is 0.488 e. The Bertz CT molecular complexity index is 461. The second-order valence-corrected chi connectivity index (χ2v) is 6.82. The van der Waals surface area contributed by atoms with E-state index in [0.717, 1.165) is 12.3 Å². The maximum atomic E-state index is 6.18. The zero-order chi connectivity index (χ0) is 12.9. The molecule has 0 N–H and O–H groups in total. The molecule has 98 valence electrons. The molecule has 18 heavy (non-hydrogen) atoms. The molecule has 0 radical (unpaired) electrons. The van der Waals surface area contributed by atoms with E-state index >= 15 is 0 Å². The van der Waals surface area contributed by atoms with Crippen LogP contribution in [0.15, 0.2) is 18.2 Å². The van der Waals surface area contributed by atoms with E-state index < -0.39 is 0 Å². The molecule has 2 aliphatic rings. The van der Waals surface area contributed by atoms with E-state index in [2.05, 4.69) is 50.9 Å². The Morgan fingerprint density at radius 1 is 1.28 bits per heavy atom.